The van der Waals surface area contributed by atoms with Crippen LogP contribution in [-0.4, -0.2) is 32.9 Å². The first-order valence-corrected chi connectivity index (χ1v) is 11.6. The van der Waals surface area contributed by atoms with Gasteiger partial charge in [0, 0.05) is 43.4 Å². The number of halogens is 1. The molecule has 2 unspecified atom stereocenters. The smallest absolute Gasteiger partial charge is 0.163 e. The van der Waals surface area contributed by atoms with Gasteiger partial charge >= 0.3 is 0 Å². The predicted octanol–water partition coefficient (Wildman–Crippen LogP) is 5.01. The van der Waals surface area contributed by atoms with Crippen molar-refractivity contribution in [2.24, 2.45) is 5.92 Å². The molecule has 1 aromatic heterocycles. The van der Waals surface area contributed by atoms with E-state index >= 15 is 0 Å². The Morgan fingerprint density at radius 3 is 2.35 bits per heavy atom. The molecule has 174 valence electrons. The number of ketones is 4. The first kappa shape index (κ1) is 23.8. The molecule has 0 spiro atoms. The molecule has 2 aromatic carbocycles. The van der Waals surface area contributed by atoms with Gasteiger partial charge in [0.15, 0.2) is 11.6 Å². The summed E-state index contributed by atoms with van der Waals surface area (Å²) in [5, 5.41) is 4.72. The largest absolute Gasteiger partial charge is 0.300 e. The minimum Gasteiger partial charge on any atom is -0.300 e. The van der Waals surface area contributed by atoms with Crippen molar-refractivity contribution in [3.63, 3.8) is 0 Å². The van der Waals surface area contributed by atoms with Gasteiger partial charge in [-0.2, -0.15) is 5.10 Å². The minimum atomic E-state index is -0.862. The highest BCUT2D eigenvalue weighted by Crippen LogP contribution is 2.38. The van der Waals surface area contributed by atoms with Crippen LogP contribution in [0.25, 0.3) is 5.69 Å². The number of carbonyl (C=O) groups excluding carboxylic acids is 4. The van der Waals surface area contributed by atoms with Crippen molar-refractivity contribution < 1.29 is 19.2 Å². The van der Waals surface area contributed by atoms with Crippen molar-refractivity contribution in [3.05, 3.63) is 82.1 Å². The lowest BCUT2D eigenvalue weighted by Crippen LogP contribution is -2.19. The highest BCUT2D eigenvalue weighted by Gasteiger charge is 2.43. The van der Waals surface area contributed by atoms with E-state index < -0.39 is 11.8 Å². The van der Waals surface area contributed by atoms with Gasteiger partial charge in [0.25, 0.3) is 0 Å². The van der Waals surface area contributed by atoms with E-state index in [1.54, 1.807) is 41.3 Å². The Morgan fingerprint density at radius 2 is 1.74 bits per heavy atom. The van der Waals surface area contributed by atoms with E-state index in [0.29, 0.717) is 16.1 Å². The van der Waals surface area contributed by atoms with Crippen molar-refractivity contribution in [2.75, 3.05) is 0 Å². The second-order valence-electron chi connectivity index (χ2n) is 8.83. The topological polar surface area (TPSA) is 86.1 Å². The lowest BCUT2D eigenvalue weighted by Gasteiger charge is -2.17. The molecule has 7 heteroatoms. The summed E-state index contributed by atoms with van der Waals surface area (Å²) in [4.78, 5) is 50.9. The van der Waals surface area contributed by atoms with Gasteiger partial charge in [0.2, 0.25) is 0 Å². The molecule has 1 saturated carbocycles. The normalized spacial score (nSPS) is 17.9. The van der Waals surface area contributed by atoms with E-state index in [0.717, 1.165) is 16.8 Å². The summed E-state index contributed by atoms with van der Waals surface area (Å²) in [5.74, 6) is -2.15. The molecule has 1 heterocycles. The highest BCUT2D eigenvalue weighted by atomic mass is 35.5. The minimum absolute atomic E-state index is 0.00882. The van der Waals surface area contributed by atoms with Crippen molar-refractivity contribution in [2.45, 2.75) is 45.4 Å². The first-order valence-electron chi connectivity index (χ1n) is 11.2. The van der Waals surface area contributed by atoms with Gasteiger partial charge in [-0.3, -0.25) is 19.2 Å². The second-order valence-corrected chi connectivity index (χ2v) is 9.27. The zero-order chi connectivity index (χ0) is 24.4. The Labute approximate surface area is 202 Å². The van der Waals surface area contributed by atoms with Crippen LogP contribution in [0.3, 0.4) is 0 Å². The quantitative estimate of drug-likeness (QED) is 0.337. The van der Waals surface area contributed by atoms with Crippen LogP contribution in [0, 0.1) is 19.8 Å². The van der Waals surface area contributed by atoms with Gasteiger partial charge in [0.1, 0.15) is 17.5 Å². The van der Waals surface area contributed by atoms with E-state index in [-0.39, 0.29) is 48.8 Å². The number of nitrogens with zero attached hydrogens (tertiary/aromatic N) is 2. The number of hydrogen-bond acceptors (Lipinski definition) is 5. The van der Waals surface area contributed by atoms with Crippen LogP contribution in [0.5, 0.6) is 0 Å². The summed E-state index contributed by atoms with van der Waals surface area (Å²) < 4.78 is 1.64. The molecule has 3 aromatic rings. The first-order chi connectivity index (χ1) is 16.2. The van der Waals surface area contributed by atoms with E-state index in [1.165, 1.54) is 0 Å². The Balaban J connectivity index is 1.44. The highest BCUT2D eigenvalue weighted by molar-refractivity contribution is 6.30. The van der Waals surface area contributed by atoms with E-state index in [4.69, 9.17) is 11.6 Å². The lowest BCUT2D eigenvalue weighted by atomic mass is 9.86. The van der Waals surface area contributed by atoms with Crippen LogP contribution in [-0.2, 0) is 14.4 Å². The van der Waals surface area contributed by atoms with Crippen molar-refractivity contribution in [3.8, 4) is 5.69 Å². The number of rotatable bonds is 8. The Morgan fingerprint density at radius 1 is 1.06 bits per heavy atom. The van der Waals surface area contributed by atoms with Crippen molar-refractivity contribution in [1.29, 1.82) is 0 Å². The zero-order valence-electron chi connectivity index (χ0n) is 19.1. The van der Waals surface area contributed by atoms with Crippen LogP contribution in [0.2, 0.25) is 5.02 Å². The maximum Gasteiger partial charge on any atom is 0.163 e. The number of carbonyl (C=O) groups is 4. The van der Waals surface area contributed by atoms with Gasteiger partial charge in [0.05, 0.1) is 16.9 Å². The molecule has 6 nitrogen and oxygen atoms in total. The number of hydrogen-bond donors (Lipinski definition) is 0. The van der Waals surface area contributed by atoms with Gasteiger partial charge in [-0.25, -0.2) is 4.68 Å². The van der Waals surface area contributed by atoms with E-state index in [1.807, 2.05) is 32.0 Å². The lowest BCUT2D eigenvalue weighted by molar-refractivity contribution is -0.127. The van der Waals surface area contributed by atoms with Crippen LogP contribution >= 0.6 is 11.6 Å². The summed E-state index contributed by atoms with van der Waals surface area (Å²) in [5.41, 5.74) is 3.68. The molecular weight excluding hydrogens is 452 g/mol. The molecule has 0 saturated heterocycles. The molecule has 34 heavy (non-hydrogen) atoms. The maximum absolute atomic E-state index is 13.2. The van der Waals surface area contributed by atoms with E-state index in [9.17, 15) is 19.2 Å². The molecule has 2 atom stereocenters. The van der Waals surface area contributed by atoms with Crippen molar-refractivity contribution in [1.82, 2.24) is 9.78 Å². The average molecular weight is 477 g/mol. The molecule has 1 fully saturated rings. The summed E-state index contributed by atoms with van der Waals surface area (Å²) in [6, 6.07) is 12.6. The molecule has 0 radical (unpaired) electrons. The summed E-state index contributed by atoms with van der Waals surface area (Å²) in [6.07, 6.45) is 3.43. The fourth-order valence-electron chi connectivity index (χ4n) is 4.71. The molecule has 0 amide bonds. The monoisotopic (exact) mass is 476 g/mol. The van der Waals surface area contributed by atoms with Crippen LogP contribution in [0.1, 0.15) is 58.6 Å². The number of Topliss-reactive ketones (excluding diaryl/α,β-unsaturated/α-hetero) is 4. The van der Waals surface area contributed by atoms with Crippen LogP contribution in [0.15, 0.2) is 54.9 Å². The Bertz CT molecular complexity index is 1260. The second kappa shape index (κ2) is 9.85. The van der Waals surface area contributed by atoms with Crippen molar-refractivity contribution >= 4 is 34.7 Å². The predicted molar refractivity (Wildman–Crippen MR) is 129 cm³/mol. The van der Waals surface area contributed by atoms with Gasteiger partial charge in [-0.15, -0.1) is 0 Å². The Kier molecular flexibility index (Phi) is 6.89. The molecule has 1 aliphatic rings. The summed E-state index contributed by atoms with van der Waals surface area (Å²) >= 11 is 5.97. The standard InChI is InChI=1S/C27H25ClN2O4/c1-16-10-21(30-15-20(28)14-29-30)11-17(2)25(16)26-24(33)13-19(27(26)34)12-22(31)8-9-23(32)18-6-4-3-5-7-18/h3-7,10-11,14-15,19,26H,8-9,12-13H2,1-2H3. The van der Waals surface area contributed by atoms with Gasteiger partial charge in [-0.1, -0.05) is 41.9 Å². The third-order valence-electron chi connectivity index (χ3n) is 6.34. The summed E-state index contributed by atoms with van der Waals surface area (Å²) in [6.45, 7) is 3.73. The van der Waals surface area contributed by atoms with Crippen LogP contribution in [0.4, 0.5) is 0 Å². The zero-order valence-corrected chi connectivity index (χ0v) is 19.8. The van der Waals surface area contributed by atoms with E-state index in [2.05, 4.69) is 5.10 Å². The fraction of sp³-hybridized carbons (Fsp3) is 0.296. The average Bonchev–Trinajstić information content (AvgIpc) is 3.36. The molecular formula is C27H25ClN2O4. The Hall–Kier alpha value is -3.38. The molecule has 0 N–H and O–H groups in total. The molecule has 1 aliphatic carbocycles. The number of benzene rings is 2. The SMILES string of the molecule is Cc1cc(-n2cc(Cl)cn2)cc(C)c1C1C(=O)CC(CC(=O)CCC(=O)c2ccccc2)C1=O. The summed E-state index contributed by atoms with van der Waals surface area (Å²) in [7, 11) is 0. The number of aryl methyl sites for hydroxylation is 2. The third-order valence-corrected chi connectivity index (χ3v) is 6.54. The van der Waals surface area contributed by atoms with Crippen LogP contribution < -0.4 is 0 Å². The third kappa shape index (κ3) is 4.92. The fourth-order valence-corrected chi connectivity index (χ4v) is 4.85. The molecule has 0 aliphatic heterocycles. The van der Waals surface area contributed by atoms with Gasteiger partial charge < -0.3 is 0 Å². The number of aromatic nitrogens is 2. The maximum atomic E-state index is 13.2. The molecule has 4 rings (SSSR count). The van der Waals surface area contributed by atoms with Gasteiger partial charge in [-0.05, 0) is 42.7 Å². The molecule has 0 bridgehead atoms.